The SMILES string of the molecule is ONC(=Nc1cccc(Cl)c1)c1ccccc1Cl. The average molecular weight is 281 g/mol. The van der Waals surface area contributed by atoms with E-state index in [1.807, 2.05) is 11.5 Å². The van der Waals surface area contributed by atoms with Crippen molar-refractivity contribution in [2.75, 3.05) is 0 Å². The lowest BCUT2D eigenvalue weighted by Gasteiger charge is -2.06. The summed E-state index contributed by atoms with van der Waals surface area (Å²) in [5, 5.41) is 10.2. The predicted octanol–water partition coefficient (Wildman–Crippen LogP) is 4.05. The van der Waals surface area contributed by atoms with Gasteiger partial charge in [-0.25, -0.2) is 4.99 Å². The van der Waals surface area contributed by atoms with E-state index in [1.54, 1.807) is 42.5 Å². The van der Waals surface area contributed by atoms with Crippen LogP contribution in [0.2, 0.25) is 10.0 Å². The lowest BCUT2D eigenvalue weighted by molar-refractivity contribution is 0.235. The Bertz CT molecular complexity index is 585. The number of rotatable bonds is 2. The van der Waals surface area contributed by atoms with Crippen LogP contribution in [0.25, 0.3) is 0 Å². The first-order valence-corrected chi connectivity index (χ1v) is 5.95. The molecule has 0 saturated carbocycles. The summed E-state index contributed by atoms with van der Waals surface area (Å²) in [5.74, 6) is 0.267. The van der Waals surface area contributed by atoms with Crippen LogP contribution in [0.4, 0.5) is 5.69 Å². The number of halogens is 2. The van der Waals surface area contributed by atoms with Crippen molar-refractivity contribution in [3.05, 3.63) is 64.1 Å². The van der Waals surface area contributed by atoms with Gasteiger partial charge in [-0.15, -0.1) is 0 Å². The molecule has 0 aromatic heterocycles. The van der Waals surface area contributed by atoms with E-state index < -0.39 is 0 Å². The van der Waals surface area contributed by atoms with Gasteiger partial charge in [-0.05, 0) is 30.3 Å². The highest BCUT2D eigenvalue weighted by molar-refractivity contribution is 6.34. The summed E-state index contributed by atoms with van der Waals surface area (Å²) in [6.07, 6.45) is 0. The number of nitrogens with zero attached hydrogens (tertiary/aromatic N) is 1. The van der Waals surface area contributed by atoms with Crippen LogP contribution < -0.4 is 5.48 Å². The summed E-state index contributed by atoms with van der Waals surface area (Å²) in [6.45, 7) is 0. The van der Waals surface area contributed by atoms with E-state index in [0.29, 0.717) is 21.3 Å². The Morgan fingerprint density at radius 3 is 2.50 bits per heavy atom. The zero-order valence-electron chi connectivity index (χ0n) is 9.27. The summed E-state index contributed by atoms with van der Waals surface area (Å²) >= 11 is 11.9. The van der Waals surface area contributed by atoms with Gasteiger partial charge >= 0.3 is 0 Å². The van der Waals surface area contributed by atoms with E-state index in [9.17, 15) is 0 Å². The van der Waals surface area contributed by atoms with Crippen LogP contribution in [0.15, 0.2) is 53.5 Å². The molecule has 0 radical (unpaired) electrons. The number of hydrogen-bond acceptors (Lipinski definition) is 2. The van der Waals surface area contributed by atoms with E-state index in [4.69, 9.17) is 28.4 Å². The molecular formula is C13H10Cl2N2O. The minimum atomic E-state index is 0.267. The first-order chi connectivity index (χ1) is 8.70. The highest BCUT2D eigenvalue weighted by atomic mass is 35.5. The third-order valence-corrected chi connectivity index (χ3v) is 2.85. The van der Waals surface area contributed by atoms with Crippen molar-refractivity contribution >= 4 is 34.7 Å². The van der Waals surface area contributed by atoms with Crippen molar-refractivity contribution in [3.8, 4) is 0 Å². The largest absolute Gasteiger partial charge is 0.290 e. The molecule has 0 amide bonds. The van der Waals surface area contributed by atoms with Gasteiger partial charge in [0.2, 0.25) is 0 Å². The zero-order valence-corrected chi connectivity index (χ0v) is 10.8. The second-order valence-electron chi connectivity index (χ2n) is 3.53. The van der Waals surface area contributed by atoms with E-state index in [-0.39, 0.29) is 5.84 Å². The number of hydrogen-bond donors (Lipinski definition) is 2. The highest BCUT2D eigenvalue weighted by Gasteiger charge is 2.06. The number of nitrogens with one attached hydrogen (secondary N) is 1. The quantitative estimate of drug-likeness (QED) is 0.495. The molecule has 2 rings (SSSR count). The fourth-order valence-electron chi connectivity index (χ4n) is 1.47. The monoisotopic (exact) mass is 280 g/mol. The molecule has 2 aromatic carbocycles. The molecular weight excluding hydrogens is 271 g/mol. The van der Waals surface area contributed by atoms with E-state index in [1.165, 1.54) is 0 Å². The minimum absolute atomic E-state index is 0.267. The Labute approximate surface area is 115 Å². The van der Waals surface area contributed by atoms with Crippen LogP contribution in [0.5, 0.6) is 0 Å². The summed E-state index contributed by atoms with van der Waals surface area (Å²) in [4.78, 5) is 4.26. The lowest BCUT2D eigenvalue weighted by Crippen LogP contribution is -2.20. The van der Waals surface area contributed by atoms with Gasteiger partial charge in [0.25, 0.3) is 0 Å². The van der Waals surface area contributed by atoms with Crippen molar-refractivity contribution in [2.24, 2.45) is 4.99 Å². The maximum Gasteiger partial charge on any atom is 0.158 e. The molecule has 92 valence electrons. The smallest absolute Gasteiger partial charge is 0.158 e. The minimum Gasteiger partial charge on any atom is -0.290 e. The van der Waals surface area contributed by atoms with Crippen LogP contribution >= 0.6 is 23.2 Å². The zero-order chi connectivity index (χ0) is 13.0. The summed E-state index contributed by atoms with van der Waals surface area (Å²) < 4.78 is 0. The molecule has 0 aliphatic rings. The molecule has 0 atom stereocenters. The Morgan fingerprint density at radius 2 is 1.83 bits per heavy atom. The first kappa shape index (κ1) is 12.9. The van der Waals surface area contributed by atoms with Crippen molar-refractivity contribution in [1.82, 2.24) is 5.48 Å². The molecule has 0 saturated heterocycles. The molecule has 2 aromatic rings. The molecule has 5 heteroatoms. The predicted molar refractivity (Wildman–Crippen MR) is 74.0 cm³/mol. The number of benzene rings is 2. The fourth-order valence-corrected chi connectivity index (χ4v) is 1.88. The third kappa shape index (κ3) is 3.01. The van der Waals surface area contributed by atoms with Gasteiger partial charge < -0.3 is 0 Å². The normalized spacial score (nSPS) is 11.4. The van der Waals surface area contributed by atoms with Gasteiger partial charge in [0.1, 0.15) is 0 Å². The molecule has 0 unspecified atom stereocenters. The van der Waals surface area contributed by atoms with Gasteiger partial charge in [0.05, 0.1) is 10.7 Å². The summed E-state index contributed by atoms with van der Waals surface area (Å²) in [6, 6.07) is 14.1. The average Bonchev–Trinajstić information content (AvgIpc) is 2.37. The van der Waals surface area contributed by atoms with E-state index in [0.717, 1.165) is 0 Å². The molecule has 0 bridgehead atoms. The highest BCUT2D eigenvalue weighted by Crippen LogP contribution is 2.21. The standard InChI is InChI=1S/C13H10Cl2N2O/c14-9-4-3-5-10(8-9)16-13(17-18)11-6-1-2-7-12(11)15/h1-8,18H,(H,16,17). The van der Waals surface area contributed by atoms with Gasteiger partial charge in [0, 0.05) is 10.6 Å². The van der Waals surface area contributed by atoms with Crippen LogP contribution in [0.3, 0.4) is 0 Å². The molecule has 0 aliphatic carbocycles. The first-order valence-electron chi connectivity index (χ1n) is 5.20. The molecule has 18 heavy (non-hydrogen) atoms. The number of hydroxylamine groups is 1. The van der Waals surface area contributed by atoms with Crippen LogP contribution in [0, 0.1) is 0 Å². The molecule has 0 spiro atoms. The number of amidine groups is 1. The number of aliphatic imine (C=N–C) groups is 1. The second kappa shape index (κ2) is 5.87. The summed E-state index contributed by atoms with van der Waals surface area (Å²) in [5.41, 5.74) is 3.29. The van der Waals surface area contributed by atoms with Crippen molar-refractivity contribution in [3.63, 3.8) is 0 Å². The van der Waals surface area contributed by atoms with Gasteiger partial charge in [-0.1, -0.05) is 41.4 Å². The maximum absolute atomic E-state index is 9.16. The van der Waals surface area contributed by atoms with Gasteiger partial charge in [-0.2, -0.15) is 0 Å². The second-order valence-corrected chi connectivity index (χ2v) is 4.38. The molecule has 0 aliphatic heterocycles. The molecule has 3 nitrogen and oxygen atoms in total. The summed E-state index contributed by atoms with van der Waals surface area (Å²) in [7, 11) is 0. The van der Waals surface area contributed by atoms with Crippen molar-refractivity contribution < 1.29 is 5.21 Å². The van der Waals surface area contributed by atoms with Crippen LogP contribution in [-0.2, 0) is 0 Å². The van der Waals surface area contributed by atoms with Gasteiger partial charge in [-0.3, -0.25) is 10.7 Å². The van der Waals surface area contributed by atoms with Crippen LogP contribution in [0.1, 0.15) is 5.56 Å². The lowest BCUT2D eigenvalue weighted by atomic mass is 10.2. The Hall–Kier alpha value is -1.55. The maximum atomic E-state index is 9.16. The van der Waals surface area contributed by atoms with Gasteiger partial charge in [0.15, 0.2) is 5.84 Å². The Morgan fingerprint density at radius 1 is 1.06 bits per heavy atom. The fraction of sp³-hybridized carbons (Fsp3) is 0. The topological polar surface area (TPSA) is 44.6 Å². The molecule has 2 N–H and O–H groups in total. The van der Waals surface area contributed by atoms with Crippen molar-refractivity contribution in [1.29, 1.82) is 0 Å². The van der Waals surface area contributed by atoms with Crippen LogP contribution in [-0.4, -0.2) is 11.0 Å². The third-order valence-electron chi connectivity index (χ3n) is 2.28. The molecule has 0 fully saturated rings. The molecule has 0 heterocycles. The Kier molecular flexibility index (Phi) is 4.20. The van der Waals surface area contributed by atoms with Crippen molar-refractivity contribution in [2.45, 2.75) is 0 Å². The van der Waals surface area contributed by atoms with E-state index in [2.05, 4.69) is 4.99 Å². The Balaban J connectivity index is 2.43. The van der Waals surface area contributed by atoms with E-state index >= 15 is 0 Å².